The molecule has 1 N–H and O–H groups in total. The number of hydrogen-bond acceptors (Lipinski definition) is 3. The highest BCUT2D eigenvalue weighted by Crippen LogP contribution is 2.30. The second kappa shape index (κ2) is 5.48. The molecule has 1 saturated heterocycles. The Morgan fingerprint density at radius 2 is 2.00 bits per heavy atom. The van der Waals surface area contributed by atoms with Crippen LogP contribution in [0.25, 0.3) is 0 Å². The Kier molecular flexibility index (Phi) is 3.70. The average molecular weight is 291 g/mol. The van der Waals surface area contributed by atoms with Crippen molar-refractivity contribution in [3.63, 3.8) is 0 Å². The van der Waals surface area contributed by atoms with Crippen molar-refractivity contribution >= 4 is 23.6 Å². The smallest absolute Gasteiger partial charge is 0.326 e. The van der Waals surface area contributed by atoms with Crippen molar-refractivity contribution in [2.24, 2.45) is 5.92 Å². The number of carboxylic acids is 1. The Labute approximate surface area is 122 Å². The van der Waals surface area contributed by atoms with E-state index in [1.165, 1.54) is 0 Å². The Morgan fingerprint density at radius 3 is 2.65 bits per heavy atom. The first-order valence-electron chi connectivity index (χ1n) is 6.84. The number of aliphatic carboxylic acids is 1. The number of benzene rings is 1. The molecule has 1 unspecified atom stereocenters. The Hall–Kier alpha value is -1.49. The fourth-order valence-electron chi connectivity index (χ4n) is 2.94. The predicted octanol–water partition coefficient (Wildman–Crippen LogP) is 1.78. The Morgan fingerprint density at radius 1 is 1.25 bits per heavy atom. The molecule has 0 saturated carbocycles. The van der Waals surface area contributed by atoms with Crippen molar-refractivity contribution in [3.05, 3.63) is 35.4 Å². The van der Waals surface area contributed by atoms with Crippen LogP contribution in [0.4, 0.5) is 0 Å². The maximum atomic E-state index is 12.6. The zero-order valence-electron chi connectivity index (χ0n) is 11.1. The highest BCUT2D eigenvalue weighted by Gasteiger charge is 2.38. The lowest BCUT2D eigenvalue weighted by atomic mass is 9.92. The summed E-state index contributed by atoms with van der Waals surface area (Å²) in [5.41, 5.74) is 2.12. The van der Waals surface area contributed by atoms with Crippen LogP contribution in [0.1, 0.15) is 17.5 Å². The van der Waals surface area contributed by atoms with Crippen LogP contribution < -0.4 is 0 Å². The van der Waals surface area contributed by atoms with Crippen LogP contribution in [0.2, 0.25) is 0 Å². The molecule has 0 aromatic heterocycles. The molecule has 1 fully saturated rings. The fourth-order valence-corrected chi connectivity index (χ4v) is 4.15. The molecule has 0 radical (unpaired) electrons. The van der Waals surface area contributed by atoms with Gasteiger partial charge in [0.1, 0.15) is 6.04 Å². The van der Waals surface area contributed by atoms with Crippen molar-refractivity contribution in [2.75, 3.05) is 11.5 Å². The molecule has 0 spiro atoms. The summed E-state index contributed by atoms with van der Waals surface area (Å²) in [6.07, 6.45) is 1.28. The van der Waals surface area contributed by atoms with Gasteiger partial charge in [-0.05, 0) is 23.3 Å². The lowest BCUT2D eigenvalue weighted by molar-refractivity contribution is -0.153. The van der Waals surface area contributed by atoms with Gasteiger partial charge in [0.15, 0.2) is 0 Å². The van der Waals surface area contributed by atoms with E-state index >= 15 is 0 Å². The van der Waals surface area contributed by atoms with Crippen molar-refractivity contribution in [2.45, 2.75) is 25.4 Å². The van der Waals surface area contributed by atoms with Gasteiger partial charge in [0.25, 0.3) is 0 Å². The van der Waals surface area contributed by atoms with Crippen molar-refractivity contribution in [1.82, 2.24) is 4.90 Å². The second-order valence-corrected chi connectivity index (χ2v) is 6.50. The molecule has 5 heteroatoms. The molecule has 1 amide bonds. The first-order valence-corrected chi connectivity index (χ1v) is 8.00. The molecule has 106 valence electrons. The van der Waals surface area contributed by atoms with Crippen LogP contribution in [0.5, 0.6) is 0 Å². The Balaban J connectivity index is 1.88. The van der Waals surface area contributed by atoms with Crippen LogP contribution >= 0.6 is 11.8 Å². The minimum absolute atomic E-state index is 0.00730. The maximum Gasteiger partial charge on any atom is 0.326 e. The molecule has 2 aliphatic rings. The largest absolute Gasteiger partial charge is 0.480 e. The van der Waals surface area contributed by atoms with E-state index in [0.717, 1.165) is 29.1 Å². The van der Waals surface area contributed by atoms with Crippen molar-refractivity contribution in [1.29, 1.82) is 0 Å². The monoisotopic (exact) mass is 291 g/mol. The van der Waals surface area contributed by atoms with E-state index in [9.17, 15) is 14.7 Å². The molecule has 1 aromatic carbocycles. The quantitative estimate of drug-likeness (QED) is 0.902. The average Bonchev–Trinajstić information content (AvgIpc) is 2.99. The molecule has 2 heterocycles. The molecule has 4 nitrogen and oxygen atoms in total. The van der Waals surface area contributed by atoms with Crippen molar-refractivity contribution in [3.8, 4) is 0 Å². The van der Waals surface area contributed by atoms with Gasteiger partial charge >= 0.3 is 5.97 Å². The van der Waals surface area contributed by atoms with E-state index in [1.54, 1.807) is 16.7 Å². The third-order valence-corrected chi connectivity index (χ3v) is 5.26. The van der Waals surface area contributed by atoms with E-state index in [0.29, 0.717) is 13.0 Å². The summed E-state index contributed by atoms with van der Waals surface area (Å²) in [6.45, 7) is 0.424. The number of nitrogens with zero attached hydrogens (tertiary/aromatic N) is 1. The molecule has 3 rings (SSSR count). The number of rotatable bonds is 2. The van der Waals surface area contributed by atoms with Gasteiger partial charge in [0, 0.05) is 24.6 Å². The van der Waals surface area contributed by atoms with Gasteiger partial charge in [0.05, 0.1) is 0 Å². The zero-order valence-corrected chi connectivity index (χ0v) is 11.9. The number of fused-ring (bicyclic) bond motifs is 1. The lowest BCUT2D eigenvalue weighted by Crippen LogP contribution is -2.50. The highest BCUT2D eigenvalue weighted by atomic mass is 32.2. The van der Waals surface area contributed by atoms with Gasteiger partial charge in [0.2, 0.25) is 5.91 Å². The van der Waals surface area contributed by atoms with Crippen LogP contribution in [0, 0.1) is 5.92 Å². The summed E-state index contributed by atoms with van der Waals surface area (Å²) in [7, 11) is 0. The summed E-state index contributed by atoms with van der Waals surface area (Å²) in [6, 6.07) is 7.08. The van der Waals surface area contributed by atoms with E-state index in [4.69, 9.17) is 0 Å². The number of carboxylic acid groups (broad SMARTS) is 1. The van der Waals surface area contributed by atoms with E-state index in [2.05, 4.69) is 0 Å². The van der Waals surface area contributed by atoms with Gasteiger partial charge in [-0.3, -0.25) is 4.79 Å². The van der Waals surface area contributed by atoms with E-state index in [1.807, 2.05) is 24.3 Å². The molecule has 2 aliphatic heterocycles. The molecule has 0 bridgehead atoms. The molecule has 0 aliphatic carbocycles. The fraction of sp³-hybridized carbons (Fsp3) is 0.467. The SMILES string of the molecule is O=C(O)[C@@H]1Cc2ccccc2CN1C(=O)C1CCSC1. The van der Waals surface area contributed by atoms with Gasteiger partial charge in [-0.15, -0.1) is 0 Å². The third-order valence-electron chi connectivity index (χ3n) is 4.10. The lowest BCUT2D eigenvalue weighted by Gasteiger charge is -2.35. The number of thioether (sulfide) groups is 1. The topological polar surface area (TPSA) is 57.6 Å². The maximum absolute atomic E-state index is 12.6. The van der Waals surface area contributed by atoms with Crippen LogP contribution in [0.3, 0.4) is 0 Å². The number of carbonyl (C=O) groups excluding carboxylic acids is 1. The highest BCUT2D eigenvalue weighted by molar-refractivity contribution is 7.99. The molecule has 2 atom stereocenters. The summed E-state index contributed by atoms with van der Waals surface area (Å²) < 4.78 is 0. The summed E-state index contributed by atoms with van der Waals surface area (Å²) >= 11 is 1.77. The normalized spacial score (nSPS) is 25.3. The van der Waals surface area contributed by atoms with Crippen molar-refractivity contribution < 1.29 is 14.7 Å². The summed E-state index contributed by atoms with van der Waals surface area (Å²) in [5.74, 6) is 0.921. The third kappa shape index (κ3) is 2.42. The van der Waals surface area contributed by atoms with E-state index < -0.39 is 12.0 Å². The molecule has 1 aromatic rings. The standard InChI is InChI=1S/C15H17NO3S/c17-14(12-5-6-20-9-12)16-8-11-4-2-1-3-10(11)7-13(16)15(18)19/h1-4,12-13H,5-9H2,(H,18,19)/t12?,13-/m0/s1. The van der Waals surface area contributed by atoms with Gasteiger partial charge in [-0.25, -0.2) is 4.79 Å². The molecule has 20 heavy (non-hydrogen) atoms. The molecular weight excluding hydrogens is 274 g/mol. The van der Waals surface area contributed by atoms with Gasteiger partial charge in [-0.2, -0.15) is 11.8 Å². The first-order chi connectivity index (χ1) is 9.66. The van der Waals surface area contributed by atoms with Gasteiger partial charge in [-0.1, -0.05) is 24.3 Å². The number of hydrogen-bond donors (Lipinski definition) is 1. The number of amides is 1. The predicted molar refractivity (Wildman–Crippen MR) is 77.6 cm³/mol. The summed E-state index contributed by atoms with van der Waals surface area (Å²) in [5, 5.41) is 9.43. The van der Waals surface area contributed by atoms with Gasteiger partial charge < -0.3 is 10.0 Å². The van der Waals surface area contributed by atoms with Crippen LogP contribution in [0.15, 0.2) is 24.3 Å². The molecular formula is C15H17NO3S. The number of carbonyl (C=O) groups is 2. The minimum atomic E-state index is -0.904. The summed E-state index contributed by atoms with van der Waals surface area (Å²) in [4.78, 5) is 25.6. The zero-order chi connectivity index (χ0) is 14.1. The van der Waals surface area contributed by atoms with E-state index in [-0.39, 0.29) is 11.8 Å². The first kappa shape index (κ1) is 13.5. The minimum Gasteiger partial charge on any atom is -0.480 e. The van der Waals surface area contributed by atoms with Crippen LogP contribution in [-0.4, -0.2) is 39.4 Å². The second-order valence-electron chi connectivity index (χ2n) is 5.35. The van der Waals surface area contributed by atoms with Crippen LogP contribution in [-0.2, 0) is 22.6 Å². The Bertz CT molecular complexity index is 540.